The van der Waals surface area contributed by atoms with Crippen LogP contribution in [-0.2, 0) is 0 Å². The monoisotopic (exact) mass is 227 g/mol. The van der Waals surface area contributed by atoms with Gasteiger partial charge in [-0.1, -0.05) is 0 Å². The van der Waals surface area contributed by atoms with E-state index in [-0.39, 0.29) is 5.84 Å². The average Bonchev–Trinajstić information content (AvgIpc) is 2.04. The van der Waals surface area contributed by atoms with E-state index < -0.39 is 0 Å². The third-order valence-electron chi connectivity index (χ3n) is 1.55. The molecule has 0 aliphatic carbocycles. The molecule has 0 aliphatic rings. The first-order valence-electron chi connectivity index (χ1n) is 3.47. The minimum Gasteiger partial charge on any atom is -0.387 e. The SMILES string of the molecule is CNc1ccc(C(=N)N)cc1Br. The van der Waals surface area contributed by atoms with Gasteiger partial charge in [-0.3, -0.25) is 5.41 Å². The smallest absolute Gasteiger partial charge is 0.122 e. The van der Waals surface area contributed by atoms with Crippen molar-refractivity contribution in [3.05, 3.63) is 28.2 Å². The molecule has 0 saturated heterocycles. The van der Waals surface area contributed by atoms with Crippen LogP contribution >= 0.6 is 15.9 Å². The molecule has 1 aromatic rings. The van der Waals surface area contributed by atoms with Gasteiger partial charge >= 0.3 is 0 Å². The Morgan fingerprint density at radius 1 is 1.58 bits per heavy atom. The maximum absolute atomic E-state index is 7.20. The van der Waals surface area contributed by atoms with Gasteiger partial charge in [-0.25, -0.2) is 0 Å². The van der Waals surface area contributed by atoms with Gasteiger partial charge in [-0.2, -0.15) is 0 Å². The lowest BCUT2D eigenvalue weighted by molar-refractivity contribution is 1.41. The van der Waals surface area contributed by atoms with Crippen molar-refractivity contribution in [1.29, 1.82) is 5.41 Å². The van der Waals surface area contributed by atoms with Crippen LogP contribution in [-0.4, -0.2) is 12.9 Å². The Hall–Kier alpha value is -1.03. The van der Waals surface area contributed by atoms with E-state index in [9.17, 15) is 0 Å². The minimum atomic E-state index is 0.0818. The van der Waals surface area contributed by atoms with Crippen molar-refractivity contribution in [2.75, 3.05) is 12.4 Å². The standard InChI is InChI=1S/C8H10BrN3/c1-12-7-3-2-5(8(10)11)4-6(7)9/h2-4,12H,1H3,(H3,10,11). The van der Waals surface area contributed by atoms with E-state index >= 15 is 0 Å². The predicted molar refractivity (Wildman–Crippen MR) is 54.7 cm³/mol. The highest BCUT2D eigenvalue weighted by atomic mass is 79.9. The first kappa shape index (κ1) is 9.06. The fourth-order valence-corrected chi connectivity index (χ4v) is 1.46. The van der Waals surface area contributed by atoms with Gasteiger partial charge in [0.25, 0.3) is 0 Å². The number of nitrogens with two attached hydrogens (primary N) is 1. The normalized spacial score (nSPS) is 9.50. The van der Waals surface area contributed by atoms with Crippen molar-refractivity contribution in [3.63, 3.8) is 0 Å². The number of benzene rings is 1. The number of hydrogen-bond acceptors (Lipinski definition) is 2. The molecule has 4 heteroatoms. The summed E-state index contributed by atoms with van der Waals surface area (Å²) in [6.07, 6.45) is 0. The molecule has 0 amide bonds. The van der Waals surface area contributed by atoms with Crippen molar-refractivity contribution in [2.24, 2.45) is 5.73 Å². The third-order valence-corrected chi connectivity index (χ3v) is 2.21. The van der Waals surface area contributed by atoms with Crippen LogP contribution in [0.4, 0.5) is 5.69 Å². The second-order valence-electron chi connectivity index (χ2n) is 2.36. The number of halogens is 1. The maximum Gasteiger partial charge on any atom is 0.122 e. The number of rotatable bonds is 2. The zero-order chi connectivity index (χ0) is 9.14. The summed E-state index contributed by atoms with van der Waals surface area (Å²) in [6.45, 7) is 0. The van der Waals surface area contributed by atoms with Crippen LogP contribution in [0.3, 0.4) is 0 Å². The van der Waals surface area contributed by atoms with Gasteiger partial charge in [0.05, 0.1) is 0 Å². The van der Waals surface area contributed by atoms with E-state index in [0.29, 0.717) is 0 Å². The number of anilines is 1. The maximum atomic E-state index is 7.20. The highest BCUT2D eigenvalue weighted by molar-refractivity contribution is 9.10. The summed E-state index contributed by atoms with van der Waals surface area (Å²) in [7, 11) is 1.84. The molecule has 0 bridgehead atoms. The second-order valence-corrected chi connectivity index (χ2v) is 3.21. The first-order chi connectivity index (χ1) is 5.65. The molecule has 0 saturated carbocycles. The van der Waals surface area contributed by atoms with Crippen molar-refractivity contribution in [3.8, 4) is 0 Å². The molecule has 0 radical (unpaired) electrons. The van der Waals surface area contributed by atoms with Gasteiger partial charge in [0.2, 0.25) is 0 Å². The fourth-order valence-electron chi connectivity index (χ4n) is 0.885. The second kappa shape index (κ2) is 3.58. The van der Waals surface area contributed by atoms with Crippen LogP contribution in [0.5, 0.6) is 0 Å². The molecule has 0 spiro atoms. The average molecular weight is 228 g/mol. The lowest BCUT2D eigenvalue weighted by Crippen LogP contribution is -2.10. The Labute approximate surface area is 79.6 Å². The number of hydrogen-bond donors (Lipinski definition) is 3. The zero-order valence-corrected chi connectivity index (χ0v) is 8.27. The lowest BCUT2D eigenvalue weighted by atomic mass is 10.2. The van der Waals surface area contributed by atoms with Crippen LogP contribution in [0.2, 0.25) is 0 Å². The van der Waals surface area contributed by atoms with Gasteiger partial charge in [-0.15, -0.1) is 0 Å². The predicted octanol–water partition coefficient (Wildman–Crippen LogP) is 1.77. The van der Waals surface area contributed by atoms with Crippen molar-refractivity contribution in [1.82, 2.24) is 0 Å². The molecule has 0 heterocycles. The van der Waals surface area contributed by atoms with Crippen LogP contribution in [0, 0.1) is 5.41 Å². The summed E-state index contributed by atoms with van der Waals surface area (Å²) in [4.78, 5) is 0. The molecule has 0 aromatic heterocycles. The molecule has 1 rings (SSSR count). The topological polar surface area (TPSA) is 61.9 Å². The highest BCUT2D eigenvalue weighted by Crippen LogP contribution is 2.22. The summed E-state index contributed by atoms with van der Waals surface area (Å²) in [6, 6.07) is 5.49. The number of amidine groups is 1. The summed E-state index contributed by atoms with van der Waals surface area (Å²) in [5, 5.41) is 10.2. The Morgan fingerprint density at radius 3 is 2.67 bits per heavy atom. The molecule has 4 N–H and O–H groups in total. The summed E-state index contributed by atoms with van der Waals surface area (Å²) in [5.41, 5.74) is 7.03. The van der Waals surface area contributed by atoms with Gasteiger partial charge in [0.1, 0.15) is 5.84 Å². The van der Waals surface area contributed by atoms with E-state index in [0.717, 1.165) is 15.7 Å². The van der Waals surface area contributed by atoms with Gasteiger partial charge in [-0.05, 0) is 34.1 Å². The molecule has 1 aromatic carbocycles. The van der Waals surface area contributed by atoms with Gasteiger partial charge in [0.15, 0.2) is 0 Å². The molecule has 3 nitrogen and oxygen atoms in total. The van der Waals surface area contributed by atoms with Crippen molar-refractivity contribution >= 4 is 27.5 Å². The van der Waals surface area contributed by atoms with Gasteiger partial charge in [0, 0.05) is 22.8 Å². The van der Waals surface area contributed by atoms with Crippen molar-refractivity contribution in [2.45, 2.75) is 0 Å². The fraction of sp³-hybridized carbons (Fsp3) is 0.125. The third kappa shape index (κ3) is 1.76. The van der Waals surface area contributed by atoms with Crippen LogP contribution in [0.15, 0.2) is 22.7 Å². The summed E-state index contributed by atoms with van der Waals surface area (Å²) < 4.78 is 0.915. The number of nitrogens with one attached hydrogen (secondary N) is 2. The van der Waals surface area contributed by atoms with Crippen LogP contribution in [0.1, 0.15) is 5.56 Å². The van der Waals surface area contributed by atoms with Crippen LogP contribution < -0.4 is 11.1 Å². The molecule has 0 unspecified atom stereocenters. The molecule has 0 aliphatic heterocycles. The van der Waals surface area contributed by atoms with E-state index in [4.69, 9.17) is 11.1 Å². The molecular weight excluding hydrogens is 218 g/mol. The van der Waals surface area contributed by atoms with Gasteiger partial charge < -0.3 is 11.1 Å². The first-order valence-corrected chi connectivity index (χ1v) is 4.26. The number of nitrogen functional groups attached to an aromatic ring is 1. The van der Waals surface area contributed by atoms with E-state index in [1.54, 1.807) is 6.07 Å². The summed E-state index contributed by atoms with van der Waals surface area (Å²) >= 11 is 3.36. The quantitative estimate of drug-likeness (QED) is 0.533. The molecule has 12 heavy (non-hydrogen) atoms. The van der Waals surface area contributed by atoms with E-state index in [2.05, 4.69) is 21.2 Å². The Balaban J connectivity index is 3.10. The van der Waals surface area contributed by atoms with Crippen molar-refractivity contribution < 1.29 is 0 Å². The molecular formula is C8H10BrN3. The largest absolute Gasteiger partial charge is 0.387 e. The Morgan fingerprint density at radius 2 is 2.25 bits per heavy atom. The lowest BCUT2D eigenvalue weighted by Gasteiger charge is -2.04. The summed E-state index contributed by atoms with van der Waals surface area (Å²) in [5.74, 6) is 0.0818. The molecule has 0 fully saturated rings. The molecule has 0 atom stereocenters. The highest BCUT2D eigenvalue weighted by Gasteiger charge is 2.00. The zero-order valence-electron chi connectivity index (χ0n) is 6.69. The van der Waals surface area contributed by atoms with E-state index in [1.807, 2.05) is 19.2 Å². The molecule has 64 valence electrons. The van der Waals surface area contributed by atoms with Crippen LogP contribution in [0.25, 0.3) is 0 Å². The Kier molecular flexibility index (Phi) is 2.70. The Bertz CT molecular complexity index is 309. The minimum absolute atomic E-state index is 0.0818. The van der Waals surface area contributed by atoms with E-state index in [1.165, 1.54) is 0 Å².